The second kappa shape index (κ2) is 9.46. The number of nitrogens with zero attached hydrogens (tertiary/aromatic N) is 4. The predicted molar refractivity (Wildman–Crippen MR) is 129 cm³/mol. The zero-order valence-electron chi connectivity index (χ0n) is 19.4. The van der Waals surface area contributed by atoms with E-state index in [0.717, 1.165) is 4.68 Å². The lowest BCUT2D eigenvalue weighted by atomic mass is 10.1. The molecule has 0 radical (unpaired) electrons. The van der Waals surface area contributed by atoms with E-state index in [4.69, 9.17) is 0 Å². The van der Waals surface area contributed by atoms with Gasteiger partial charge in [0.2, 0.25) is 5.78 Å². The molecule has 34 heavy (non-hydrogen) atoms. The predicted octanol–water partition coefficient (Wildman–Crippen LogP) is 2.49. The van der Waals surface area contributed by atoms with Crippen molar-refractivity contribution in [3.8, 4) is 0 Å². The largest absolute Gasteiger partial charge is 0.352 e. The van der Waals surface area contributed by atoms with Gasteiger partial charge in [0, 0.05) is 24.2 Å². The Labute approximate surface area is 195 Å². The fourth-order valence-corrected chi connectivity index (χ4v) is 3.84. The Balaban J connectivity index is 1.89. The molecule has 4 aromatic rings. The van der Waals surface area contributed by atoms with Crippen molar-refractivity contribution in [1.82, 2.24) is 24.1 Å². The summed E-state index contributed by atoms with van der Waals surface area (Å²) >= 11 is 0. The lowest BCUT2D eigenvalue weighted by molar-refractivity contribution is 0.0946. The standard InChI is InChI=1S/C25H27N5O4/c1-4-12-28-23(33)19-11-10-18(22(32)26-14-16(2)3)13-20(19)30-24(28)27-29(25(30)34)15-21(31)17-8-6-5-7-9-17/h5-11,13,16H,4,12,14-15H2,1-3H3,(H,26,32). The second-order valence-electron chi connectivity index (χ2n) is 8.66. The summed E-state index contributed by atoms with van der Waals surface area (Å²) in [6.45, 7) is 6.50. The maximum Gasteiger partial charge on any atom is 0.352 e. The Morgan fingerprint density at radius 3 is 2.44 bits per heavy atom. The first-order valence-electron chi connectivity index (χ1n) is 11.3. The molecule has 0 spiro atoms. The van der Waals surface area contributed by atoms with Gasteiger partial charge >= 0.3 is 5.69 Å². The van der Waals surface area contributed by atoms with Crippen LogP contribution in [0.25, 0.3) is 16.7 Å². The molecule has 0 aliphatic heterocycles. The van der Waals surface area contributed by atoms with Crippen LogP contribution < -0.4 is 16.6 Å². The highest BCUT2D eigenvalue weighted by Crippen LogP contribution is 2.15. The van der Waals surface area contributed by atoms with Crippen LogP contribution in [0.2, 0.25) is 0 Å². The maximum atomic E-state index is 13.4. The summed E-state index contributed by atoms with van der Waals surface area (Å²) in [4.78, 5) is 51.9. The molecule has 0 atom stereocenters. The van der Waals surface area contributed by atoms with Gasteiger partial charge in [0.15, 0.2) is 5.78 Å². The molecule has 0 unspecified atom stereocenters. The number of rotatable bonds is 8. The molecule has 0 bridgehead atoms. The number of Topliss-reactive ketones (excluding diaryl/α,β-unsaturated/α-hetero) is 1. The molecular formula is C25H27N5O4. The topological polar surface area (TPSA) is 107 Å². The summed E-state index contributed by atoms with van der Waals surface area (Å²) < 4.78 is 3.82. The summed E-state index contributed by atoms with van der Waals surface area (Å²) in [5.74, 6) is -0.139. The lowest BCUT2D eigenvalue weighted by Gasteiger charge is -2.11. The minimum atomic E-state index is -0.547. The van der Waals surface area contributed by atoms with Gasteiger partial charge in [-0.05, 0) is 30.5 Å². The van der Waals surface area contributed by atoms with Crippen LogP contribution in [-0.4, -0.2) is 37.0 Å². The lowest BCUT2D eigenvalue weighted by Crippen LogP contribution is -2.29. The van der Waals surface area contributed by atoms with Crippen LogP contribution in [0, 0.1) is 5.92 Å². The molecule has 0 saturated heterocycles. The van der Waals surface area contributed by atoms with Crippen LogP contribution in [0.5, 0.6) is 0 Å². The third-order valence-corrected chi connectivity index (χ3v) is 5.55. The molecule has 1 amide bonds. The SMILES string of the molecule is CCCn1c(=O)c2ccc(C(=O)NCC(C)C)cc2n2c(=O)n(CC(=O)c3ccccc3)nc12. The number of ketones is 1. The first-order valence-corrected chi connectivity index (χ1v) is 11.3. The van der Waals surface area contributed by atoms with Crippen LogP contribution in [0.15, 0.2) is 58.1 Å². The van der Waals surface area contributed by atoms with Gasteiger partial charge in [-0.1, -0.05) is 51.1 Å². The second-order valence-corrected chi connectivity index (χ2v) is 8.66. The van der Waals surface area contributed by atoms with Gasteiger partial charge in [0.05, 0.1) is 10.9 Å². The molecule has 0 aliphatic rings. The Bertz CT molecular complexity index is 1500. The van der Waals surface area contributed by atoms with Crippen molar-refractivity contribution >= 4 is 28.4 Å². The summed E-state index contributed by atoms with van der Waals surface area (Å²) in [5.41, 5.74) is 0.236. The number of benzene rings is 2. The van der Waals surface area contributed by atoms with E-state index < -0.39 is 5.69 Å². The molecule has 2 aromatic heterocycles. The van der Waals surface area contributed by atoms with E-state index in [1.165, 1.54) is 15.0 Å². The summed E-state index contributed by atoms with van der Waals surface area (Å²) in [6, 6.07) is 13.3. The van der Waals surface area contributed by atoms with Crippen LogP contribution in [-0.2, 0) is 13.1 Å². The zero-order chi connectivity index (χ0) is 24.4. The number of aryl methyl sites for hydroxylation is 1. The quantitative estimate of drug-likeness (QED) is 0.406. The monoisotopic (exact) mass is 461 g/mol. The van der Waals surface area contributed by atoms with Crippen molar-refractivity contribution in [2.45, 2.75) is 40.3 Å². The van der Waals surface area contributed by atoms with Crippen molar-refractivity contribution in [2.75, 3.05) is 6.54 Å². The normalized spacial score (nSPS) is 11.4. The van der Waals surface area contributed by atoms with E-state index in [0.29, 0.717) is 36.0 Å². The number of amides is 1. The maximum absolute atomic E-state index is 13.4. The fraction of sp³-hybridized carbons (Fsp3) is 0.320. The Hall–Kier alpha value is -4.01. The number of nitrogens with one attached hydrogen (secondary N) is 1. The third kappa shape index (κ3) is 4.28. The van der Waals surface area contributed by atoms with E-state index in [-0.39, 0.29) is 41.0 Å². The summed E-state index contributed by atoms with van der Waals surface area (Å²) in [6.07, 6.45) is 0.654. The van der Waals surface area contributed by atoms with Crippen molar-refractivity contribution < 1.29 is 9.59 Å². The molecule has 176 valence electrons. The van der Waals surface area contributed by atoms with Crippen LogP contribution >= 0.6 is 0 Å². The highest BCUT2D eigenvalue weighted by Gasteiger charge is 2.20. The number of fused-ring (bicyclic) bond motifs is 3. The molecule has 2 aromatic carbocycles. The third-order valence-electron chi connectivity index (χ3n) is 5.55. The van der Waals surface area contributed by atoms with E-state index in [1.807, 2.05) is 20.8 Å². The number of carbonyl (C=O) groups excluding carboxylic acids is 2. The van der Waals surface area contributed by atoms with Gasteiger partial charge in [-0.2, -0.15) is 0 Å². The van der Waals surface area contributed by atoms with E-state index in [1.54, 1.807) is 42.5 Å². The molecule has 0 saturated carbocycles. The molecule has 4 rings (SSSR count). The molecule has 2 heterocycles. The minimum absolute atomic E-state index is 0.143. The van der Waals surface area contributed by atoms with Crippen LogP contribution in [0.1, 0.15) is 47.9 Å². The van der Waals surface area contributed by atoms with E-state index in [9.17, 15) is 19.2 Å². The number of aromatic nitrogens is 4. The average molecular weight is 462 g/mol. The number of carbonyl (C=O) groups is 2. The Morgan fingerprint density at radius 2 is 1.76 bits per heavy atom. The van der Waals surface area contributed by atoms with E-state index in [2.05, 4.69) is 10.4 Å². The number of hydrogen-bond acceptors (Lipinski definition) is 5. The van der Waals surface area contributed by atoms with Gasteiger partial charge < -0.3 is 5.32 Å². The summed E-state index contributed by atoms with van der Waals surface area (Å²) in [5, 5.41) is 7.50. The molecule has 0 aliphatic carbocycles. The van der Waals surface area contributed by atoms with Crippen molar-refractivity contribution in [3.63, 3.8) is 0 Å². The van der Waals surface area contributed by atoms with Crippen molar-refractivity contribution in [3.05, 3.63) is 80.5 Å². The molecule has 1 N–H and O–H groups in total. The highest BCUT2D eigenvalue weighted by molar-refractivity contribution is 5.98. The van der Waals surface area contributed by atoms with Crippen LogP contribution in [0.4, 0.5) is 0 Å². The first-order chi connectivity index (χ1) is 16.3. The molecular weight excluding hydrogens is 434 g/mol. The van der Waals surface area contributed by atoms with Gasteiger partial charge in [-0.3, -0.25) is 19.0 Å². The van der Waals surface area contributed by atoms with Gasteiger partial charge in [0.25, 0.3) is 11.5 Å². The fourth-order valence-electron chi connectivity index (χ4n) is 3.84. The average Bonchev–Trinajstić information content (AvgIpc) is 3.16. The smallest absolute Gasteiger partial charge is 0.352 e. The van der Waals surface area contributed by atoms with Crippen LogP contribution in [0.3, 0.4) is 0 Å². The molecule has 9 heteroatoms. The van der Waals surface area contributed by atoms with Gasteiger partial charge in [-0.25, -0.2) is 13.9 Å². The summed E-state index contributed by atoms with van der Waals surface area (Å²) in [7, 11) is 0. The Morgan fingerprint density at radius 1 is 1.03 bits per heavy atom. The first kappa shape index (κ1) is 23.2. The van der Waals surface area contributed by atoms with Crippen molar-refractivity contribution in [1.29, 1.82) is 0 Å². The minimum Gasteiger partial charge on any atom is -0.352 e. The Kier molecular flexibility index (Phi) is 6.45. The zero-order valence-corrected chi connectivity index (χ0v) is 19.4. The molecule has 0 fully saturated rings. The van der Waals surface area contributed by atoms with Crippen molar-refractivity contribution in [2.24, 2.45) is 5.92 Å². The van der Waals surface area contributed by atoms with Gasteiger partial charge in [0.1, 0.15) is 6.54 Å². The van der Waals surface area contributed by atoms with Gasteiger partial charge in [-0.15, -0.1) is 5.10 Å². The van der Waals surface area contributed by atoms with E-state index >= 15 is 0 Å². The number of hydrogen-bond donors (Lipinski definition) is 1. The molecule has 9 nitrogen and oxygen atoms in total. The highest BCUT2D eigenvalue weighted by atomic mass is 16.2.